The van der Waals surface area contributed by atoms with Crippen LogP contribution in [0.15, 0.2) is 40.9 Å². The van der Waals surface area contributed by atoms with Crippen LogP contribution in [0.2, 0.25) is 5.02 Å². The van der Waals surface area contributed by atoms with E-state index in [0.29, 0.717) is 10.0 Å². The third-order valence-corrected chi connectivity index (χ3v) is 3.62. The van der Waals surface area contributed by atoms with Crippen LogP contribution in [0, 0.1) is 11.6 Å². The van der Waals surface area contributed by atoms with Crippen LogP contribution in [0.4, 0.5) is 8.78 Å². The molecule has 0 aliphatic carbocycles. The first kappa shape index (κ1) is 15.7. The van der Waals surface area contributed by atoms with Gasteiger partial charge in [0.25, 0.3) is 5.91 Å². The first-order valence-corrected chi connectivity index (χ1v) is 6.91. The van der Waals surface area contributed by atoms with E-state index in [4.69, 9.17) is 22.1 Å². The van der Waals surface area contributed by atoms with Gasteiger partial charge in [-0.3, -0.25) is 4.79 Å². The lowest BCUT2D eigenvalue weighted by Crippen LogP contribution is -2.26. The Bertz CT molecular complexity index is 697. The number of carbonyl (C=O) groups is 1. The molecule has 0 saturated carbocycles. The zero-order valence-electron chi connectivity index (χ0n) is 10.4. The summed E-state index contributed by atoms with van der Waals surface area (Å²) in [5.74, 6) is -1.71. The number of halogens is 4. The second-order valence-corrected chi connectivity index (χ2v) is 5.40. The number of rotatable bonds is 4. The van der Waals surface area contributed by atoms with Crippen LogP contribution >= 0.6 is 27.5 Å². The molecular formula is C14H9BrClF2NO2. The van der Waals surface area contributed by atoms with Gasteiger partial charge in [-0.25, -0.2) is 8.78 Å². The first-order chi connectivity index (χ1) is 9.88. The van der Waals surface area contributed by atoms with Crippen molar-refractivity contribution in [1.82, 2.24) is 0 Å². The van der Waals surface area contributed by atoms with Crippen LogP contribution in [-0.4, -0.2) is 5.91 Å². The summed E-state index contributed by atoms with van der Waals surface area (Å²) in [4.78, 5) is 11.6. The monoisotopic (exact) mass is 375 g/mol. The van der Waals surface area contributed by atoms with E-state index in [0.717, 1.165) is 12.1 Å². The fourth-order valence-corrected chi connectivity index (χ4v) is 2.46. The molecule has 2 N–H and O–H groups in total. The number of hydrogen-bond donors (Lipinski definition) is 1. The Labute approximate surface area is 132 Å². The average Bonchev–Trinajstić information content (AvgIpc) is 2.38. The topological polar surface area (TPSA) is 52.3 Å². The second-order valence-electron chi connectivity index (χ2n) is 4.14. The van der Waals surface area contributed by atoms with Crippen LogP contribution in [0.5, 0.6) is 5.75 Å². The maximum Gasteiger partial charge on any atom is 0.263 e. The van der Waals surface area contributed by atoms with Gasteiger partial charge in [-0.1, -0.05) is 33.6 Å². The Hall–Kier alpha value is -1.66. The molecule has 0 aliphatic heterocycles. The summed E-state index contributed by atoms with van der Waals surface area (Å²) in [5, 5.41) is -0.000478. The van der Waals surface area contributed by atoms with Gasteiger partial charge in [0.05, 0.1) is 5.02 Å². The predicted octanol–water partition coefficient (Wildman–Crippen LogP) is 3.99. The molecule has 3 nitrogen and oxygen atoms in total. The summed E-state index contributed by atoms with van der Waals surface area (Å²) in [7, 11) is 0. The molecule has 0 bridgehead atoms. The molecule has 1 unspecified atom stereocenters. The molecule has 0 fully saturated rings. The Morgan fingerprint density at radius 3 is 2.38 bits per heavy atom. The zero-order chi connectivity index (χ0) is 15.6. The third-order valence-electron chi connectivity index (χ3n) is 2.64. The SMILES string of the molecule is NC(=O)C(Oc1ccc(F)cc1Cl)c1ccc(F)cc1Br. The van der Waals surface area contributed by atoms with E-state index in [1.807, 2.05) is 0 Å². The molecule has 0 heterocycles. The molecule has 0 aromatic heterocycles. The van der Waals surface area contributed by atoms with E-state index < -0.39 is 23.6 Å². The number of amides is 1. The van der Waals surface area contributed by atoms with Crippen molar-refractivity contribution in [1.29, 1.82) is 0 Å². The highest BCUT2D eigenvalue weighted by Crippen LogP contribution is 2.32. The zero-order valence-corrected chi connectivity index (χ0v) is 12.8. The predicted molar refractivity (Wildman–Crippen MR) is 78.1 cm³/mol. The Morgan fingerprint density at radius 1 is 1.19 bits per heavy atom. The molecule has 0 aliphatic rings. The van der Waals surface area contributed by atoms with Gasteiger partial charge in [-0.2, -0.15) is 0 Å². The number of benzene rings is 2. The second kappa shape index (κ2) is 6.41. The molecule has 1 amide bonds. The molecule has 0 spiro atoms. The smallest absolute Gasteiger partial charge is 0.263 e. The molecule has 1 atom stereocenters. The molecule has 2 aromatic carbocycles. The Morgan fingerprint density at radius 2 is 1.81 bits per heavy atom. The average molecular weight is 377 g/mol. The van der Waals surface area contributed by atoms with Crippen molar-refractivity contribution in [2.24, 2.45) is 5.73 Å². The highest BCUT2D eigenvalue weighted by Gasteiger charge is 2.23. The molecule has 2 aromatic rings. The minimum atomic E-state index is -1.19. The fourth-order valence-electron chi connectivity index (χ4n) is 1.69. The molecule has 21 heavy (non-hydrogen) atoms. The fraction of sp³-hybridized carbons (Fsp3) is 0.0714. The van der Waals surface area contributed by atoms with Gasteiger partial charge in [-0.15, -0.1) is 0 Å². The van der Waals surface area contributed by atoms with E-state index >= 15 is 0 Å². The van der Waals surface area contributed by atoms with Crippen LogP contribution < -0.4 is 10.5 Å². The molecule has 0 saturated heterocycles. The van der Waals surface area contributed by atoms with Gasteiger partial charge < -0.3 is 10.5 Å². The van der Waals surface area contributed by atoms with Crippen molar-refractivity contribution >= 4 is 33.4 Å². The lowest BCUT2D eigenvalue weighted by molar-refractivity contribution is -0.125. The number of primary amides is 1. The van der Waals surface area contributed by atoms with Crippen molar-refractivity contribution in [3.63, 3.8) is 0 Å². The van der Waals surface area contributed by atoms with Gasteiger partial charge >= 0.3 is 0 Å². The first-order valence-electron chi connectivity index (χ1n) is 5.74. The summed E-state index contributed by atoms with van der Waals surface area (Å²) < 4.78 is 31.9. The van der Waals surface area contributed by atoms with Crippen molar-refractivity contribution in [2.75, 3.05) is 0 Å². The van der Waals surface area contributed by atoms with Crippen molar-refractivity contribution in [3.05, 3.63) is 63.1 Å². The summed E-state index contributed by atoms with van der Waals surface area (Å²) in [6, 6.07) is 7.19. The van der Waals surface area contributed by atoms with E-state index in [2.05, 4.69) is 15.9 Å². The van der Waals surface area contributed by atoms with Crippen LogP contribution in [-0.2, 0) is 4.79 Å². The summed E-state index contributed by atoms with van der Waals surface area (Å²) >= 11 is 8.98. The van der Waals surface area contributed by atoms with Gasteiger partial charge in [0, 0.05) is 10.0 Å². The van der Waals surface area contributed by atoms with Crippen molar-refractivity contribution in [2.45, 2.75) is 6.10 Å². The summed E-state index contributed by atoms with van der Waals surface area (Å²) in [5.41, 5.74) is 5.65. The normalized spacial score (nSPS) is 12.0. The highest BCUT2D eigenvalue weighted by molar-refractivity contribution is 9.10. The van der Waals surface area contributed by atoms with Crippen molar-refractivity contribution in [3.8, 4) is 5.75 Å². The van der Waals surface area contributed by atoms with E-state index in [1.165, 1.54) is 24.3 Å². The Kier molecular flexibility index (Phi) is 4.80. The molecular weight excluding hydrogens is 368 g/mol. The van der Waals surface area contributed by atoms with Gasteiger partial charge in [0.15, 0.2) is 0 Å². The van der Waals surface area contributed by atoms with E-state index in [1.54, 1.807) is 0 Å². The minimum absolute atomic E-state index is 0.000478. The van der Waals surface area contributed by atoms with Gasteiger partial charge in [0.2, 0.25) is 6.10 Å². The summed E-state index contributed by atoms with van der Waals surface area (Å²) in [6.45, 7) is 0. The highest BCUT2D eigenvalue weighted by atomic mass is 79.9. The van der Waals surface area contributed by atoms with Gasteiger partial charge in [-0.05, 0) is 30.3 Å². The quantitative estimate of drug-likeness (QED) is 0.877. The number of ether oxygens (including phenoxy) is 1. The lowest BCUT2D eigenvalue weighted by Gasteiger charge is -2.18. The largest absolute Gasteiger partial charge is 0.474 e. The van der Waals surface area contributed by atoms with Crippen LogP contribution in [0.25, 0.3) is 0 Å². The third kappa shape index (κ3) is 3.71. The number of nitrogens with two attached hydrogens (primary N) is 1. The van der Waals surface area contributed by atoms with Gasteiger partial charge in [0.1, 0.15) is 17.4 Å². The molecule has 110 valence electrons. The minimum Gasteiger partial charge on any atom is -0.474 e. The number of carbonyl (C=O) groups excluding carboxylic acids is 1. The van der Waals surface area contributed by atoms with Crippen molar-refractivity contribution < 1.29 is 18.3 Å². The van der Waals surface area contributed by atoms with Crippen LogP contribution in [0.1, 0.15) is 11.7 Å². The number of hydrogen-bond acceptors (Lipinski definition) is 2. The maximum atomic E-state index is 13.1. The standard InChI is InChI=1S/C14H9BrClF2NO2/c15-10-5-7(17)1-3-9(10)13(14(19)20)21-12-4-2-8(18)6-11(12)16/h1-6,13H,(H2,19,20). The Balaban J connectivity index is 2.38. The van der Waals surface area contributed by atoms with E-state index in [9.17, 15) is 13.6 Å². The summed E-state index contributed by atoms with van der Waals surface area (Å²) in [6.07, 6.45) is -1.19. The molecule has 2 rings (SSSR count). The maximum absolute atomic E-state index is 13.1. The molecule has 0 radical (unpaired) electrons. The lowest BCUT2D eigenvalue weighted by atomic mass is 10.1. The molecule has 7 heteroatoms. The van der Waals surface area contributed by atoms with E-state index in [-0.39, 0.29) is 10.8 Å². The van der Waals surface area contributed by atoms with Crippen LogP contribution in [0.3, 0.4) is 0 Å².